The zero-order valence-corrected chi connectivity index (χ0v) is 20.4. The number of hydrogen-bond donors (Lipinski definition) is 1. The summed E-state index contributed by atoms with van der Waals surface area (Å²) in [6, 6.07) is 10.0. The van der Waals surface area contributed by atoms with Crippen LogP contribution in [0.2, 0.25) is 0 Å². The number of hydrogen-bond acceptors (Lipinski definition) is 4. The number of anilines is 1. The molecule has 6 nitrogen and oxygen atoms in total. The molecule has 0 unspecified atom stereocenters. The van der Waals surface area contributed by atoms with Crippen LogP contribution in [-0.4, -0.2) is 22.0 Å². The highest BCUT2D eigenvalue weighted by atomic mass is 79.9. The zero-order chi connectivity index (χ0) is 25.3. The Hall–Kier alpha value is -3.46. The molecular weight excluding hydrogens is 522 g/mol. The van der Waals surface area contributed by atoms with Crippen molar-refractivity contribution in [2.24, 2.45) is 0 Å². The molecule has 0 saturated carbocycles. The Morgan fingerprint density at radius 3 is 2.46 bits per heavy atom. The van der Waals surface area contributed by atoms with E-state index in [9.17, 15) is 28.0 Å². The minimum absolute atomic E-state index is 0.0527. The Morgan fingerprint density at radius 1 is 0.971 bits per heavy atom. The van der Waals surface area contributed by atoms with Crippen molar-refractivity contribution >= 4 is 39.1 Å². The molecule has 1 aliphatic carbocycles. The van der Waals surface area contributed by atoms with Gasteiger partial charge >= 0.3 is 0 Å². The highest BCUT2D eigenvalue weighted by molar-refractivity contribution is 9.10. The molecule has 1 heterocycles. The van der Waals surface area contributed by atoms with Crippen LogP contribution in [0.25, 0.3) is 0 Å². The highest BCUT2D eigenvalue weighted by Crippen LogP contribution is 2.23. The van der Waals surface area contributed by atoms with Gasteiger partial charge < -0.3 is 9.88 Å². The quantitative estimate of drug-likeness (QED) is 0.445. The number of nitrogens with one attached hydrogen (secondary N) is 1. The van der Waals surface area contributed by atoms with E-state index in [1.54, 1.807) is 25.1 Å². The summed E-state index contributed by atoms with van der Waals surface area (Å²) in [6.07, 6.45) is 0.419. The van der Waals surface area contributed by atoms with Crippen LogP contribution in [0.3, 0.4) is 0 Å². The number of carbonyl (C=O) groups is 3. The highest BCUT2D eigenvalue weighted by Gasteiger charge is 2.20. The van der Waals surface area contributed by atoms with Crippen LogP contribution < -0.4 is 10.9 Å². The molecule has 0 aliphatic heterocycles. The lowest BCUT2D eigenvalue weighted by atomic mass is 10.1. The van der Waals surface area contributed by atoms with Gasteiger partial charge in [0, 0.05) is 41.5 Å². The molecule has 0 saturated heterocycles. The van der Waals surface area contributed by atoms with Crippen molar-refractivity contribution in [2.45, 2.75) is 39.2 Å². The average molecular weight is 543 g/mol. The minimum Gasteiger partial charge on any atom is -0.326 e. The fraction of sp³-hybridized carbons (Fsp3) is 0.231. The molecule has 180 valence electrons. The van der Waals surface area contributed by atoms with Crippen molar-refractivity contribution in [3.05, 3.63) is 96.9 Å². The number of Topliss-reactive ketones (excluding diaryl/α,β-unsaturated/α-hetero) is 2. The van der Waals surface area contributed by atoms with Crippen molar-refractivity contribution in [1.82, 2.24) is 4.57 Å². The number of pyridine rings is 1. The normalized spacial score (nSPS) is 12.5. The van der Waals surface area contributed by atoms with Gasteiger partial charge in [-0.2, -0.15) is 0 Å². The second-order valence-electron chi connectivity index (χ2n) is 8.48. The predicted molar refractivity (Wildman–Crippen MR) is 130 cm³/mol. The summed E-state index contributed by atoms with van der Waals surface area (Å²) in [5.74, 6) is -2.79. The lowest BCUT2D eigenvalue weighted by Gasteiger charge is -2.14. The van der Waals surface area contributed by atoms with Gasteiger partial charge in [0.25, 0.3) is 5.56 Å². The summed E-state index contributed by atoms with van der Waals surface area (Å²) in [5, 5.41) is 2.72. The van der Waals surface area contributed by atoms with Gasteiger partial charge in [0.15, 0.2) is 17.4 Å². The Labute approximate surface area is 208 Å². The summed E-state index contributed by atoms with van der Waals surface area (Å²) in [6.45, 7) is 1.61. The first-order valence-corrected chi connectivity index (χ1v) is 11.7. The van der Waals surface area contributed by atoms with Gasteiger partial charge in [-0.15, -0.1) is 0 Å². The maximum Gasteiger partial charge on any atom is 0.262 e. The summed E-state index contributed by atoms with van der Waals surface area (Å²) >= 11 is 3.34. The smallest absolute Gasteiger partial charge is 0.262 e. The Bertz CT molecular complexity index is 1430. The number of ketones is 2. The number of nitrogens with zero attached hydrogens (tertiary/aromatic N) is 1. The Morgan fingerprint density at radius 2 is 1.71 bits per heavy atom. The van der Waals surface area contributed by atoms with Gasteiger partial charge in [-0.25, -0.2) is 8.78 Å². The topological polar surface area (TPSA) is 85.2 Å². The third-order valence-corrected chi connectivity index (χ3v) is 6.77. The van der Waals surface area contributed by atoms with E-state index in [0.717, 1.165) is 23.3 Å². The third kappa shape index (κ3) is 5.45. The number of rotatable bonds is 7. The molecule has 0 bridgehead atoms. The SMILES string of the molecule is Cc1c(Br)cc(C(=O)CCC(=O)Nc2ccc3c(c2)CC(=O)C3)c(=O)n1Cc1ccc(F)c(F)c1. The molecule has 1 aliphatic rings. The summed E-state index contributed by atoms with van der Waals surface area (Å²) < 4.78 is 28.7. The predicted octanol–water partition coefficient (Wildman–Crippen LogP) is 4.52. The van der Waals surface area contributed by atoms with E-state index in [-0.39, 0.29) is 30.7 Å². The molecule has 2 aromatic carbocycles. The van der Waals surface area contributed by atoms with Crippen LogP contribution in [0.1, 0.15) is 45.6 Å². The lowest BCUT2D eigenvalue weighted by molar-refractivity contribution is -0.117. The monoisotopic (exact) mass is 542 g/mol. The number of fused-ring (bicyclic) bond motifs is 1. The van der Waals surface area contributed by atoms with Crippen LogP contribution in [0, 0.1) is 18.6 Å². The first-order valence-electron chi connectivity index (χ1n) is 10.9. The molecule has 1 amide bonds. The van der Waals surface area contributed by atoms with Crippen LogP contribution >= 0.6 is 15.9 Å². The van der Waals surface area contributed by atoms with Crippen LogP contribution in [-0.2, 0) is 29.0 Å². The van der Waals surface area contributed by atoms with Gasteiger partial charge in [0.2, 0.25) is 5.91 Å². The van der Waals surface area contributed by atoms with Gasteiger partial charge in [-0.05, 0) is 69.9 Å². The van der Waals surface area contributed by atoms with Gasteiger partial charge in [-0.3, -0.25) is 19.2 Å². The Balaban J connectivity index is 1.46. The van der Waals surface area contributed by atoms with Crippen molar-refractivity contribution in [1.29, 1.82) is 0 Å². The summed E-state index contributed by atoms with van der Waals surface area (Å²) in [5.41, 5.74) is 2.58. The van der Waals surface area contributed by atoms with Gasteiger partial charge in [0.1, 0.15) is 5.78 Å². The second-order valence-corrected chi connectivity index (χ2v) is 9.33. The molecule has 0 spiro atoms. The fourth-order valence-corrected chi connectivity index (χ4v) is 4.49. The summed E-state index contributed by atoms with van der Waals surface area (Å²) in [7, 11) is 0. The zero-order valence-electron chi connectivity index (χ0n) is 18.8. The first-order chi connectivity index (χ1) is 16.6. The maximum absolute atomic E-state index is 13.6. The molecular formula is C26H21BrF2N2O4. The molecule has 1 N–H and O–H groups in total. The van der Waals surface area contributed by atoms with E-state index in [4.69, 9.17) is 0 Å². The van der Waals surface area contributed by atoms with Gasteiger partial charge in [-0.1, -0.05) is 12.1 Å². The maximum atomic E-state index is 13.6. The molecule has 0 fully saturated rings. The van der Waals surface area contributed by atoms with Crippen molar-refractivity contribution in [2.75, 3.05) is 5.32 Å². The number of carbonyl (C=O) groups excluding carboxylic acids is 3. The first kappa shape index (κ1) is 24.7. The number of amides is 1. The largest absolute Gasteiger partial charge is 0.326 e. The second kappa shape index (κ2) is 10.0. The van der Waals surface area contributed by atoms with E-state index in [2.05, 4.69) is 21.2 Å². The van der Waals surface area contributed by atoms with Crippen molar-refractivity contribution < 1.29 is 23.2 Å². The molecule has 0 radical (unpaired) electrons. The number of benzene rings is 2. The van der Waals surface area contributed by atoms with Crippen LogP contribution in [0.5, 0.6) is 0 Å². The van der Waals surface area contributed by atoms with Gasteiger partial charge in [0.05, 0.1) is 12.1 Å². The van der Waals surface area contributed by atoms with E-state index in [0.29, 0.717) is 34.3 Å². The van der Waals surface area contributed by atoms with Crippen molar-refractivity contribution in [3.63, 3.8) is 0 Å². The molecule has 35 heavy (non-hydrogen) atoms. The fourth-order valence-electron chi connectivity index (χ4n) is 4.04. The molecule has 1 aromatic heterocycles. The molecule has 0 atom stereocenters. The Kier molecular flexibility index (Phi) is 7.07. The standard InChI is InChI=1S/C26H21BrF2N2O4/c1-14-21(27)12-20(26(35)31(14)13-15-2-5-22(28)23(29)8-15)24(33)6-7-25(34)30-18-4-3-16-10-19(32)11-17(16)9-18/h2-5,8-9,12H,6-7,10-11,13H2,1H3,(H,30,34). The average Bonchev–Trinajstić information content (AvgIpc) is 3.19. The van der Waals surface area contributed by atoms with E-state index >= 15 is 0 Å². The van der Waals surface area contributed by atoms with E-state index in [1.165, 1.54) is 16.7 Å². The summed E-state index contributed by atoms with van der Waals surface area (Å²) in [4.78, 5) is 49.8. The molecule has 9 heteroatoms. The molecule has 3 aromatic rings. The number of halogens is 3. The van der Waals surface area contributed by atoms with E-state index in [1.807, 2.05) is 0 Å². The molecule has 4 rings (SSSR count). The van der Waals surface area contributed by atoms with Crippen LogP contribution in [0.15, 0.2) is 51.7 Å². The number of aromatic nitrogens is 1. The van der Waals surface area contributed by atoms with Crippen molar-refractivity contribution in [3.8, 4) is 0 Å². The van der Waals surface area contributed by atoms with E-state index < -0.39 is 28.9 Å². The third-order valence-electron chi connectivity index (χ3n) is 5.97. The lowest BCUT2D eigenvalue weighted by Crippen LogP contribution is -2.29. The minimum atomic E-state index is -1.03. The van der Waals surface area contributed by atoms with Crippen LogP contribution in [0.4, 0.5) is 14.5 Å².